The van der Waals surface area contributed by atoms with Crippen LogP contribution >= 0.6 is 0 Å². The van der Waals surface area contributed by atoms with E-state index >= 15 is 0 Å². The van der Waals surface area contributed by atoms with Crippen molar-refractivity contribution in [2.24, 2.45) is 0 Å². The van der Waals surface area contributed by atoms with Crippen molar-refractivity contribution < 1.29 is 17.9 Å². The molecule has 0 unspecified atom stereocenters. The summed E-state index contributed by atoms with van der Waals surface area (Å²) >= 11 is 0. The van der Waals surface area contributed by atoms with E-state index in [-0.39, 0.29) is 16.6 Å². The number of anilines is 1. The molecule has 1 heterocycles. The first-order valence-electron chi connectivity index (χ1n) is 5.63. The Labute approximate surface area is 106 Å². The molecule has 1 amide bonds. The molecular formula is C12H15NO4S. The number of hydrogen-bond acceptors (Lipinski definition) is 4. The van der Waals surface area contributed by atoms with Crippen molar-refractivity contribution in [1.82, 2.24) is 0 Å². The lowest BCUT2D eigenvalue weighted by Crippen LogP contribution is -2.45. The van der Waals surface area contributed by atoms with Crippen molar-refractivity contribution in [3.63, 3.8) is 0 Å². The molecule has 1 aromatic carbocycles. The van der Waals surface area contributed by atoms with E-state index in [1.807, 2.05) is 0 Å². The molecule has 6 heteroatoms. The monoisotopic (exact) mass is 269 g/mol. The molecule has 98 valence electrons. The van der Waals surface area contributed by atoms with Crippen molar-refractivity contribution in [3.8, 4) is 5.75 Å². The maximum Gasteiger partial charge on any atom is 0.268 e. The largest absolute Gasteiger partial charge is 0.476 e. The minimum atomic E-state index is -3.28. The number of rotatable bonds is 2. The van der Waals surface area contributed by atoms with Crippen LogP contribution in [0.25, 0.3) is 0 Å². The molecule has 0 aliphatic carbocycles. The second-order valence-electron chi connectivity index (χ2n) is 4.63. The number of benzene rings is 1. The summed E-state index contributed by atoms with van der Waals surface area (Å²) in [5.74, 6) is 0.210. The Morgan fingerprint density at radius 3 is 2.61 bits per heavy atom. The van der Waals surface area contributed by atoms with E-state index in [0.29, 0.717) is 11.4 Å². The molecule has 1 aliphatic heterocycles. The second kappa shape index (κ2) is 3.98. The molecule has 0 saturated carbocycles. The van der Waals surface area contributed by atoms with Crippen LogP contribution in [0.4, 0.5) is 5.69 Å². The van der Waals surface area contributed by atoms with Gasteiger partial charge >= 0.3 is 0 Å². The smallest absolute Gasteiger partial charge is 0.268 e. The van der Waals surface area contributed by atoms with Gasteiger partial charge in [-0.2, -0.15) is 0 Å². The van der Waals surface area contributed by atoms with Crippen LogP contribution in [0.5, 0.6) is 5.75 Å². The van der Waals surface area contributed by atoms with Gasteiger partial charge in [-0.15, -0.1) is 0 Å². The molecule has 0 atom stereocenters. The standard InChI is InChI=1S/C12H15NO4S/c1-4-18(15,16)8-5-6-10-9(7-8)13-11(14)12(2,3)17-10/h5-7H,4H2,1-3H3,(H,13,14). The van der Waals surface area contributed by atoms with Gasteiger partial charge in [-0.1, -0.05) is 6.92 Å². The SMILES string of the molecule is CCS(=O)(=O)c1ccc2c(c1)NC(=O)C(C)(C)O2. The van der Waals surface area contributed by atoms with Gasteiger partial charge in [-0.25, -0.2) is 8.42 Å². The molecule has 0 saturated heterocycles. The Hall–Kier alpha value is -1.56. The number of nitrogens with one attached hydrogen (secondary N) is 1. The van der Waals surface area contributed by atoms with Gasteiger partial charge in [-0.05, 0) is 32.0 Å². The van der Waals surface area contributed by atoms with Crippen molar-refractivity contribution >= 4 is 21.4 Å². The molecule has 0 spiro atoms. The Morgan fingerprint density at radius 2 is 2.00 bits per heavy atom. The third-order valence-electron chi connectivity index (χ3n) is 2.85. The lowest BCUT2D eigenvalue weighted by atomic mass is 10.1. The maximum atomic E-state index is 11.7. The van der Waals surface area contributed by atoms with Gasteiger partial charge in [-0.3, -0.25) is 4.79 Å². The first-order chi connectivity index (χ1) is 8.26. The number of amides is 1. The zero-order valence-corrected chi connectivity index (χ0v) is 11.3. The van der Waals surface area contributed by atoms with Gasteiger partial charge in [0, 0.05) is 0 Å². The third-order valence-corrected chi connectivity index (χ3v) is 4.58. The average molecular weight is 269 g/mol. The summed E-state index contributed by atoms with van der Waals surface area (Å²) in [6.45, 7) is 4.89. The Kier molecular flexibility index (Phi) is 2.85. The molecule has 0 radical (unpaired) electrons. The van der Waals surface area contributed by atoms with Crippen LogP contribution in [-0.2, 0) is 14.6 Å². The van der Waals surface area contributed by atoms with Crippen LogP contribution in [0.15, 0.2) is 23.1 Å². The zero-order valence-electron chi connectivity index (χ0n) is 10.5. The summed E-state index contributed by atoms with van der Waals surface area (Å²) in [5, 5.41) is 2.66. The van der Waals surface area contributed by atoms with Gasteiger partial charge in [0.05, 0.1) is 16.3 Å². The number of fused-ring (bicyclic) bond motifs is 1. The van der Waals surface area contributed by atoms with E-state index in [1.54, 1.807) is 26.8 Å². The summed E-state index contributed by atoms with van der Waals surface area (Å²) in [6.07, 6.45) is 0. The zero-order chi connectivity index (χ0) is 13.6. The lowest BCUT2D eigenvalue weighted by molar-refractivity contribution is -0.129. The predicted octanol–water partition coefficient (Wildman–Crippen LogP) is 1.59. The summed E-state index contributed by atoms with van der Waals surface area (Å²) in [4.78, 5) is 11.9. The number of ether oxygens (including phenoxy) is 1. The number of carbonyl (C=O) groups is 1. The van der Waals surface area contributed by atoms with Crippen LogP contribution in [0.1, 0.15) is 20.8 Å². The predicted molar refractivity (Wildman–Crippen MR) is 67.5 cm³/mol. The average Bonchev–Trinajstić information content (AvgIpc) is 2.29. The highest BCUT2D eigenvalue weighted by Gasteiger charge is 2.35. The molecule has 1 N–H and O–H groups in total. The maximum absolute atomic E-state index is 11.7. The Bertz CT molecular complexity index is 605. The quantitative estimate of drug-likeness (QED) is 0.885. The fourth-order valence-electron chi connectivity index (χ4n) is 1.65. The van der Waals surface area contributed by atoms with E-state index in [2.05, 4.69) is 5.32 Å². The third kappa shape index (κ3) is 2.08. The van der Waals surface area contributed by atoms with Gasteiger partial charge in [0.15, 0.2) is 15.4 Å². The van der Waals surface area contributed by atoms with Crippen molar-refractivity contribution in [3.05, 3.63) is 18.2 Å². The minimum absolute atomic E-state index is 0.0199. The summed E-state index contributed by atoms with van der Waals surface area (Å²) in [7, 11) is -3.28. The molecular weight excluding hydrogens is 254 g/mol. The van der Waals surface area contributed by atoms with E-state index in [4.69, 9.17) is 4.74 Å². The Balaban J connectivity index is 2.48. The van der Waals surface area contributed by atoms with Gasteiger partial charge < -0.3 is 10.1 Å². The van der Waals surface area contributed by atoms with Crippen molar-refractivity contribution in [1.29, 1.82) is 0 Å². The summed E-state index contributed by atoms with van der Waals surface area (Å²) < 4.78 is 29.0. The van der Waals surface area contributed by atoms with Gasteiger partial charge in [0.2, 0.25) is 0 Å². The highest BCUT2D eigenvalue weighted by atomic mass is 32.2. The van der Waals surface area contributed by atoms with Crippen LogP contribution < -0.4 is 10.1 Å². The molecule has 5 nitrogen and oxygen atoms in total. The second-order valence-corrected chi connectivity index (χ2v) is 6.91. The fourth-order valence-corrected chi connectivity index (χ4v) is 2.56. The first-order valence-corrected chi connectivity index (χ1v) is 7.29. The van der Waals surface area contributed by atoms with Crippen LogP contribution in [0.3, 0.4) is 0 Å². The van der Waals surface area contributed by atoms with Crippen LogP contribution in [0.2, 0.25) is 0 Å². The molecule has 0 aromatic heterocycles. The minimum Gasteiger partial charge on any atom is -0.476 e. The summed E-state index contributed by atoms with van der Waals surface area (Å²) in [6, 6.07) is 4.49. The fraction of sp³-hybridized carbons (Fsp3) is 0.417. The van der Waals surface area contributed by atoms with Crippen LogP contribution in [0, 0.1) is 0 Å². The topological polar surface area (TPSA) is 72.5 Å². The molecule has 0 fully saturated rings. The molecule has 1 aromatic rings. The molecule has 0 bridgehead atoms. The molecule has 18 heavy (non-hydrogen) atoms. The lowest BCUT2D eigenvalue weighted by Gasteiger charge is -2.31. The van der Waals surface area contributed by atoms with E-state index in [1.165, 1.54) is 12.1 Å². The Morgan fingerprint density at radius 1 is 1.33 bits per heavy atom. The number of hydrogen-bond donors (Lipinski definition) is 1. The molecule has 1 aliphatic rings. The van der Waals surface area contributed by atoms with E-state index in [9.17, 15) is 13.2 Å². The van der Waals surface area contributed by atoms with E-state index < -0.39 is 15.4 Å². The summed E-state index contributed by atoms with van der Waals surface area (Å²) in [5.41, 5.74) is -0.549. The number of carbonyl (C=O) groups excluding carboxylic acids is 1. The van der Waals surface area contributed by atoms with Gasteiger partial charge in [0.25, 0.3) is 5.91 Å². The van der Waals surface area contributed by atoms with E-state index in [0.717, 1.165) is 0 Å². The van der Waals surface area contributed by atoms with Crippen LogP contribution in [-0.4, -0.2) is 25.7 Å². The molecule has 2 rings (SSSR count). The highest BCUT2D eigenvalue weighted by Crippen LogP contribution is 2.35. The van der Waals surface area contributed by atoms with Crippen molar-refractivity contribution in [2.75, 3.05) is 11.1 Å². The van der Waals surface area contributed by atoms with Crippen molar-refractivity contribution in [2.45, 2.75) is 31.3 Å². The normalized spacial score (nSPS) is 17.6. The highest BCUT2D eigenvalue weighted by molar-refractivity contribution is 7.91. The van der Waals surface area contributed by atoms with Gasteiger partial charge in [0.1, 0.15) is 5.75 Å². The first kappa shape index (κ1) is 12.9. The number of sulfone groups is 1.